The Kier molecular flexibility index (Phi) is 3.54. The zero-order chi connectivity index (χ0) is 12.3. The van der Waals surface area contributed by atoms with Crippen molar-refractivity contribution in [2.75, 3.05) is 5.32 Å². The van der Waals surface area contributed by atoms with Crippen molar-refractivity contribution in [1.29, 1.82) is 0 Å². The highest BCUT2D eigenvalue weighted by molar-refractivity contribution is 6.31. The molecule has 7 heteroatoms. The van der Waals surface area contributed by atoms with Crippen molar-refractivity contribution in [3.8, 4) is 0 Å². The summed E-state index contributed by atoms with van der Waals surface area (Å²) in [6.07, 6.45) is -4.77. The van der Waals surface area contributed by atoms with Crippen LogP contribution < -0.4 is 5.32 Å². The molecule has 1 N–H and O–H groups in total. The van der Waals surface area contributed by atoms with Gasteiger partial charge in [-0.05, 0) is 18.2 Å². The minimum Gasteiger partial charge on any atom is -0.319 e. The van der Waals surface area contributed by atoms with Crippen LogP contribution in [0.4, 0.5) is 18.9 Å². The number of benzene rings is 1. The molecular weight excluding hydrogens is 247 g/mol. The molecule has 0 spiro atoms. The molecule has 0 atom stereocenters. The zero-order valence-electron chi connectivity index (χ0n) is 7.64. The zero-order valence-corrected chi connectivity index (χ0v) is 8.39. The number of carbonyl (C=O) groups excluding carboxylic acids is 2. The van der Waals surface area contributed by atoms with Crippen molar-refractivity contribution < 1.29 is 22.8 Å². The maximum atomic E-state index is 12.5. The van der Waals surface area contributed by atoms with Crippen molar-refractivity contribution in [1.82, 2.24) is 0 Å². The lowest BCUT2D eigenvalue weighted by Gasteiger charge is -2.12. The monoisotopic (exact) mass is 251 g/mol. The molecule has 0 saturated heterocycles. The molecule has 0 aromatic heterocycles. The summed E-state index contributed by atoms with van der Waals surface area (Å²) in [6.45, 7) is 0. The molecule has 16 heavy (non-hydrogen) atoms. The molecule has 0 saturated carbocycles. The number of amides is 1. The average Bonchev–Trinajstić information content (AvgIpc) is 2.19. The maximum Gasteiger partial charge on any atom is 0.418 e. The summed E-state index contributed by atoms with van der Waals surface area (Å²) in [5.41, 5.74) is -1.61. The smallest absolute Gasteiger partial charge is 0.319 e. The molecule has 0 heterocycles. The summed E-state index contributed by atoms with van der Waals surface area (Å²) < 4.78 is 37.5. The van der Waals surface area contributed by atoms with E-state index in [4.69, 9.17) is 11.6 Å². The van der Waals surface area contributed by atoms with Gasteiger partial charge < -0.3 is 5.32 Å². The lowest BCUT2D eigenvalue weighted by Crippen LogP contribution is -2.17. The number of hydrogen-bond donors (Lipinski definition) is 1. The Bertz CT molecular complexity index is 431. The Morgan fingerprint density at radius 1 is 1.38 bits per heavy atom. The molecule has 0 aliphatic rings. The van der Waals surface area contributed by atoms with Crippen molar-refractivity contribution in [3.63, 3.8) is 0 Å². The molecule has 0 fully saturated rings. The van der Waals surface area contributed by atoms with Gasteiger partial charge in [0.2, 0.25) is 6.29 Å². The molecule has 0 unspecified atom stereocenters. The van der Waals surface area contributed by atoms with Crippen LogP contribution in [0.1, 0.15) is 5.56 Å². The standard InChI is InChI=1S/C9H5ClF3NO2/c10-5-1-2-7(14-8(16)4-15)6(3-5)9(11,12)13/h1-4H,(H,14,16). The summed E-state index contributed by atoms with van der Waals surface area (Å²) in [5, 5.41) is 1.69. The highest BCUT2D eigenvalue weighted by atomic mass is 35.5. The van der Waals surface area contributed by atoms with Gasteiger partial charge in [0.25, 0.3) is 5.91 Å². The van der Waals surface area contributed by atoms with Crippen molar-refractivity contribution in [2.45, 2.75) is 6.18 Å². The molecule has 0 radical (unpaired) electrons. The predicted molar refractivity (Wildman–Crippen MR) is 51.1 cm³/mol. The molecule has 0 aliphatic heterocycles. The Morgan fingerprint density at radius 2 is 2.00 bits per heavy atom. The summed E-state index contributed by atoms with van der Waals surface area (Å²) in [4.78, 5) is 20.7. The number of nitrogens with one attached hydrogen (secondary N) is 1. The van der Waals surface area contributed by atoms with Gasteiger partial charge in [-0.1, -0.05) is 11.6 Å². The van der Waals surface area contributed by atoms with Crippen molar-refractivity contribution >= 4 is 29.5 Å². The second kappa shape index (κ2) is 4.52. The molecule has 1 rings (SSSR count). The number of hydrogen-bond acceptors (Lipinski definition) is 2. The summed E-state index contributed by atoms with van der Waals surface area (Å²) in [7, 11) is 0. The van der Waals surface area contributed by atoms with Gasteiger partial charge in [-0.3, -0.25) is 9.59 Å². The highest BCUT2D eigenvalue weighted by Crippen LogP contribution is 2.36. The van der Waals surface area contributed by atoms with Crippen LogP contribution >= 0.6 is 11.6 Å². The topological polar surface area (TPSA) is 46.2 Å². The van der Waals surface area contributed by atoms with E-state index < -0.39 is 23.3 Å². The van der Waals surface area contributed by atoms with E-state index in [0.29, 0.717) is 6.07 Å². The van der Waals surface area contributed by atoms with E-state index in [-0.39, 0.29) is 11.3 Å². The third-order valence-corrected chi connectivity index (χ3v) is 1.89. The first kappa shape index (κ1) is 12.5. The van der Waals surface area contributed by atoms with Gasteiger partial charge in [-0.15, -0.1) is 0 Å². The van der Waals surface area contributed by atoms with E-state index in [2.05, 4.69) is 0 Å². The van der Waals surface area contributed by atoms with Gasteiger partial charge in [-0.25, -0.2) is 0 Å². The minimum atomic E-state index is -4.66. The van der Waals surface area contributed by atoms with Gasteiger partial charge in [0.1, 0.15) is 0 Å². The molecule has 1 aromatic rings. The molecule has 0 bridgehead atoms. The lowest BCUT2D eigenvalue weighted by molar-refractivity contribution is -0.137. The quantitative estimate of drug-likeness (QED) is 0.648. The first-order valence-electron chi connectivity index (χ1n) is 3.97. The average molecular weight is 252 g/mol. The number of aldehydes is 1. The number of carbonyl (C=O) groups is 2. The second-order valence-electron chi connectivity index (χ2n) is 2.79. The molecule has 3 nitrogen and oxygen atoms in total. The number of alkyl halides is 3. The molecule has 1 amide bonds. The maximum absolute atomic E-state index is 12.5. The van der Waals surface area contributed by atoms with Crippen LogP contribution in [0.15, 0.2) is 18.2 Å². The Morgan fingerprint density at radius 3 is 2.50 bits per heavy atom. The second-order valence-corrected chi connectivity index (χ2v) is 3.23. The third-order valence-electron chi connectivity index (χ3n) is 1.65. The van der Waals surface area contributed by atoms with Crippen LogP contribution in [-0.4, -0.2) is 12.2 Å². The summed E-state index contributed by atoms with van der Waals surface area (Å²) >= 11 is 5.41. The lowest BCUT2D eigenvalue weighted by atomic mass is 10.1. The Labute approximate surface area is 93.2 Å². The van der Waals surface area contributed by atoms with Crippen LogP contribution in [0.3, 0.4) is 0 Å². The Balaban J connectivity index is 3.18. The fraction of sp³-hybridized carbons (Fsp3) is 0.111. The van der Waals surface area contributed by atoms with Gasteiger partial charge in [0, 0.05) is 5.02 Å². The van der Waals surface area contributed by atoms with E-state index in [1.807, 2.05) is 5.32 Å². The largest absolute Gasteiger partial charge is 0.418 e. The Hall–Kier alpha value is -1.56. The van der Waals surface area contributed by atoms with Crippen LogP contribution in [0.5, 0.6) is 0 Å². The van der Waals surface area contributed by atoms with E-state index in [0.717, 1.165) is 6.07 Å². The van der Waals surface area contributed by atoms with E-state index in [1.165, 1.54) is 6.07 Å². The first-order valence-corrected chi connectivity index (χ1v) is 4.35. The SMILES string of the molecule is O=CC(=O)Nc1ccc(Cl)cc1C(F)(F)F. The molecule has 0 aliphatic carbocycles. The molecule has 1 aromatic carbocycles. The van der Waals surface area contributed by atoms with Crippen LogP contribution in [0, 0.1) is 0 Å². The minimum absolute atomic E-state index is 0.114. The van der Waals surface area contributed by atoms with Crippen LogP contribution in [0.2, 0.25) is 5.02 Å². The predicted octanol–water partition coefficient (Wildman–Crippen LogP) is 2.50. The number of halogens is 4. The third kappa shape index (κ3) is 2.96. The van der Waals surface area contributed by atoms with Crippen molar-refractivity contribution in [3.05, 3.63) is 28.8 Å². The van der Waals surface area contributed by atoms with Gasteiger partial charge in [0.05, 0.1) is 11.3 Å². The van der Waals surface area contributed by atoms with Crippen molar-refractivity contribution in [2.24, 2.45) is 0 Å². The molecule has 86 valence electrons. The van der Waals surface area contributed by atoms with Crippen LogP contribution in [0.25, 0.3) is 0 Å². The van der Waals surface area contributed by atoms with E-state index in [1.54, 1.807) is 0 Å². The first-order chi connectivity index (χ1) is 7.34. The summed E-state index contributed by atoms with van der Waals surface area (Å²) in [5.74, 6) is -1.16. The highest BCUT2D eigenvalue weighted by Gasteiger charge is 2.34. The number of rotatable bonds is 2. The fourth-order valence-electron chi connectivity index (χ4n) is 1.02. The molecular formula is C9H5ClF3NO2. The van der Waals surface area contributed by atoms with Gasteiger partial charge >= 0.3 is 6.18 Å². The van der Waals surface area contributed by atoms with E-state index >= 15 is 0 Å². The summed E-state index contributed by atoms with van der Waals surface area (Å²) in [6, 6.07) is 2.83. The van der Waals surface area contributed by atoms with E-state index in [9.17, 15) is 22.8 Å². The normalized spacial score (nSPS) is 11.0. The fourth-order valence-corrected chi connectivity index (χ4v) is 1.19. The van der Waals surface area contributed by atoms with Gasteiger partial charge in [0.15, 0.2) is 0 Å². The van der Waals surface area contributed by atoms with Crippen LogP contribution in [-0.2, 0) is 15.8 Å². The number of anilines is 1. The van der Waals surface area contributed by atoms with Gasteiger partial charge in [-0.2, -0.15) is 13.2 Å².